The Balaban J connectivity index is 2.51. The summed E-state index contributed by atoms with van der Waals surface area (Å²) in [5.41, 5.74) is 3.21. The van der Waals surface area contributed by atoms with E-state index in [-0.39, 0.29) is 0 Å². The van der Waals surface area contributed by atoms with Crippen molar-refractivity contribution in [3.05, 3.63) is 35.4 Å². The van der Waals surface area contributed by atoms with Crippen molar-refractivity contribution >= 4 is 0 Å². The van der Waals surface area contributed by atoms with Gasteiger partial charge in [-0.3, -0.25) is 0 Å². The Kier molecular flexibility index (Phi) is 6.06. The van der Waals surface area contributed by atoms with Gasteiger partial charge < -0.3 is 5.32 Å². The van der Waals surface area contributed by atoms with Crippen LogP contribution in [0.2, 0.25) is 0 Å². The van der Waals surface area contributed by atoms with Crippen LogP contribution in [0.1, 0.15) is 51.7 Å². The molecule has 108 valence electrons. The normalized spacial score (nSPS) is 15.3. The van der Waals surface area contributed by atoms with E-state index >= 15 is 0 Å². The zero-order valence-electron chi connectivity index (χ0n) is 13.6. The lowest BCUT2D eigenvalue weighted by molar-refractivity contribution is 0.277. The van der Waals surface area contributed by atoms with Gasteiger partial charge in [0.15, 0.2) is 0 Å². The average Bonchev–Trinajstić information content (AvgIpc) is 2.28. The van der Waals surface area contributed by atoms with Crippen LogP contribution in [0.3, 0.4) is 0 Å². The van der Waals surface area contributed by atoms with Crippen LogP contribution in [-0.4, -0.2) is 13.1 Å². The topological polar surface area (TPSA) is 12.0 Å². The summed E-state index contributed by atoms with van der Waals surface area (Å²) in [5.74, 6) is 0.767. The molecule has 2 atom stereocenters. The molecule has 0 aliphatic rings. The second kappa shape index (κ2) is 7.09. The predicted molar refractivity (Wildman–Crippen MR) is 85.6 cm³/mol. The first kappa shape index (κ1) is 16.2. The summed E-state index contributed by atoms with van der Waals surface area (Å²) in [7, 11) is 2.09. The molecular weight excluding hydrogens is 230 g/mol. The lowest BCUT2D eigenvalue weighted by Gasteiger charge is -2.26. The average molecular weight is 261 g/mol. The fraction of sp³-hybridized carbons (Fsp3) is 0.667. The van der Waals surface area contributed by atoms with E-state index in [4.69, 9.17) is 0 Å². The predicted octanol–water partition coefficient (Wildman–Crippen LogP) is 4.59. The second-order valence-corrected chi connectivity index (χ2v) is 7.28. The number of aryl methyl sites for hydroxylation is 1. The summed E-state index contributed by atoms with van der Waals surface area (Å²) in [4.78, 5) is 0. The number of likely N-dealkylation sites (N-methyl/N-ethyl adjacent to an activating group) is 1. The van der Waals surface area contributed by atoms with E-state index in [0.717, 1.165) is 12.3 Å². The molecule has 1 heteroatoms. The van der Waals surface area contributed by atoms with Crippen molar-refractivity contribution in [3.8, 4) is 0 Å². The summed E-state index contributed by atoms with van der Waals surface area (Å²) in [6, 6.07) is 9.52. The number of benzene rings is 1. The fourth-order valence-corrected chi connectivity index (χ4v) is 2.93. The third kappa shape index (κ3) is 6.77. The lowest BCUT2D eigenvalue weighted by Crippen LogP contribution is -2.30. The smallest absolute Gasteiger partial charge is 0.0107 e. The molecule has 0 saturated carbocycles. The summed E-state index contributed by atoms with van der Waals surface area (Å²) in [6.45, 7) is 11.5. The van der Waals surface area contributed by atoms with E-state index in [9.17, 15) is 0 Å². The molecule has 0 saturated heterocycles. The van der Waals surface area contributed by atoms with Gasteiger partial charge in [0, 0.05) is 6.04 Å². The van der Waals surface area contributed by atoms with Crippen LogP contribution in [0.5, 0.6) is 0 Å². The Hall–Kier alpha value is -0.820. The van der Waals surface area contributed by atoms with Gasteiger partial charge >= 0.3 is 0 Å². The number of rotatable bonds is 6. The highest BCUT2D eigenvalue weighted by molar-refractivity contribution is 5.22. The van der Waals surface area contributed by atoms with Crippen LogP contribution in [-0.2, 0) is 6.42 Å². The van der Waals surface area contributed by atoms with E-state index in [1.54, 1.807) is 0 Å². The van der Waals surface area contributed by atoms with Crippen LogP contribution < -0.4 is 5.32 Å². The maximum Gasteiger partial charge on any atom is 0.0107 e. The van der Waals surface area contributed by atoms with Crippen LogP contribution >= 0.6 is 0 Å². The van der Waals surface area contributed by atoms with Gasteiger partial charge in [0.2, 0.25) is 0 Å². The SMILES string of the molecule is CNC(Cc1ccc(C)cc1)CC(C)CC(C)(C)C. The van der Waals surface area contributed by atoms with E-state index in [1.807, 2.05) is 0 Å². The first-order valence-electron chi connectivity index (χ1n) is 7.53. The fourth-order valence-electron chi connectivity index (χ4n) is 2.93. The molecule has 1 nitrogen and oxygen atoms in total. The first-order valence-corrected chi connectivity index (χ1v) is 7.53. The van der Waals surface area contributed by atoms with Crippen LogP contribution in [0, 0.1) is 18.3 Å². The van der Waals surface area contributed by atoms with Gasteiger partial charge in [-0.1, -0.05) is 57.5 Å². The maximum absolute atomic E-state index is 3.48. The van der Waals surface area contributed by atoms with Gasteiger partial charge in [0.25, 0.3) is 0 Å². The Labute approximate surface area is 119 Å². The monoisotopic (exact) mass is 261 g/mol. The first-order chi connectivity index (χ1) is 8.80. The second-order valence-electron chi connectivity index (χ2n) is 7.28. The Morgan fingerprint density at radius 2 is 1.68 bits per heavy atom. The largest absolute Gasteiger partial charge is 0.317 e. The lowest BCUT2D eigenvalue weighted by atomic mass is 9.82. The minimum Gasteiger partial charge on any atom is -0.317 e. The molecule has 0 aliphatic heterocycles. The van der Waals surface area contributed by atoms with E-state index in [1.165, 1.54) is 24.0 Å². The number of nitrogens with one attached hydrogen (secondary N) is 1. The highest BCUT2D eigenvalue weighted by atomic mass is 14.9. The van der Waals surface area contributed by atoms with E-state index in [2.05, 4.69) is 71.2 Å². The van der Waals surface area contributed by atoms with E-state index < -0.39 is 0 Å². The highest BCUT2D eigenvalue weighted by Crippen LogP contribution is 2.27. The zero-order chi connectivity index (χ0) is 14.5. The molecule has 1 aromatic rings. The molecule has 0 amide bonds. The Bertz CT molecular complexity index is 358. The third-order valence-corrected chi connectivity index (χ3v) is 3.66. The van der Waals surface area contributed by atoms with Crippen molar-refractivity contribution < 1.29 is 0 Å². The number of hydrogen-bond donors (Lipinski definition) is 1. The van der Waals surface area contributed by atoms with Gasteiger partial charge in [-0.15, -0.1) is 0 Å². The minimum absolute atomic E-state index is 0.432. The minimum atomic E-state index is 0.432. The summed E-state index contributed by atoms with van der Waals surface area (Å²) < 4.78 is 0. The van der Waals surface area contributed by atoms with Crippen LogP contribution in [0.15, 0.2) is 24.3 Å². The van der Waals surface area contributed by atoms with Gasteiger partial charge in [-0.25, -0.2) is 0 Å². The quantitative estimate of drug-likeness (QED) is 0.790. The molecule has 2 unspecified atom stereocenters. The molecular formula is C18H31N. The van der Waals surface area contributed by atoms with Gasteiger partial charge in [-0.2, -0.15) is 0 Å². The van der Waals surface area contributed by atoms with Crippen molar-refractivity contribution in [2.45, 2.75) is 59.9 Å². The molecule has 1 rings (SSSR count). The summed E-state index contributed by atoms with van der Waals surface area (Å²) >= 11 is 0. The van der Waals surface area contributed by atoms with Gasteiger partial charge in [0.05, 0.1) is 0 Å². The molecule has 19 heavy (non-hydrogen) atoms. The van der Waals surface area contributed by atoms with E-state index in [0.29, 0.717) is 11.5 Å². The highest BCUT2D eigenvalue weighted by Gasteiger charge is 2.18. The van der Waals surface area contributed by atoms with Gasteiger partial charge in [0.1, 0.15) is 0 Å². The Morgan fingerprint density at radius 3 is 2.16 bits per heavy atom. The van der Waals surface area contributed by atoms with Crippen molar-refractivity contribution in [1.29, 1.82) is 0 Å². The van der Waals surface area contributed by atoms with Crippen molar-refractivity contribution in [2.24, 2.45) is 11.3 Å². The standard InChI is InChI=1S/C18H31N/c1-14-7-9-16(10-8-14)12-17(19-6)11-15(2)13-18(3,4)5/h7-10,15,17,19H,11-13H2,1-6H3. The third-order valence-electron chi connectivity index (χ3n) is 3.66. The molecule has 0 spiro atoms. The van der Waals surface area contributed by atoms with Gasteiger partial charge in [-0.05, 0) is 50.1 Å². The molecule has 0 bridgehead atoms. The molecule has 0 fully saturated rings. The van der Waals surface area contributed by atoms with Crippen molar-refractivity contribution in [2.75, 3.05) is 7.05 Å². The molecule has 1 aromatic carbocycles. The summed E-state index contributed by atoms with van der Waals surface area (Å²) in [6.07, 6.45) is 3.67. The van der Waals surface area contributed by atoms with Crippen molar-refractivity contribution in [3.63, 3.8) is 0 Å². The van der Waals surface area contributed by atoms with Crippen molar-refractivity contribution in [1.82, 2.24) is 5.32 Å². The zero-order valence-corrected chi connectivity index (χ0v) is 13.6. The molecule has 0 radical (unpaired) electrons. The Morgan fingerprint density at radius 1 is 1.11 bits per heavy atom. The molecule has 1 N–H and O–H groups in total. The van der Waals surface area contributed by atoms with Crippen LogP contribution in [0.25, 0.3) is 0 Å². The summed E-state index contributed by atoms with van der Waals surface area (Å²) in [5, 5.41) is 3.48. The molecule has 0 aromatic heterocycles. The molecule has 0 heterocycles. The molecule has 0 aliphatic carbocycles. The maximum atomic E-state index is 3.48. The van der Waals surface area contributed by atoms with Crippen LogP contribution in [0.4, 0.5) is 0 Å². The number of hydrogen-bond acceptors (Lipinski definition) is 1.